The minimum Gasteiger partial charge on any atom is -0.296 e. The molecule has 0 saturated carbocycles. The van der Waals surface area contributed by atoms with E-state index in [1.54, 1.807) is 0 Å². The van der Waals surface area contributed by atoms with Crippen LogP contribution in [0.2, 0.25) is 0 Å². The van der Waals surface area contributed by atoms with Crippen molar-refractivity contribution in [2.45, 2.75) is 31.6 Å². The maximum atomic E-state index is 4.12. The predicted molar refractivity (Wildman–Crippen MR) is 101 cm³/mol. The molecule has 3 fully saturated rings. The van der Waals surface area contributed by atoms with Crippen LogP contribution in [-0.2, 0) is 13.1 Å². The fourth-order valence-corrected chi connectivity index (χ4v) is 4.46. The molecule has 0 spiro atoms. The molecule has 2 bridgehead atoms. The van der Waals surface area contributed by atoms with Crippen LogP contribution in [0.5, 0.6) is 0 Å². The molecule has 3 saturated heterocycles. The molecule has 0 radical (unpaired) electrons. The van der Waals surface area contributed by atoms with Gasteiger partial charge in [-0.2, -0.15) is 0 Å². The molecule has 0 N–H and O–H groups in total. The van der Waals surface area contributed by atoms with Crippen LogP contribution in [0.1, 0.15) is 17.5 Å². The molecule has 3 aromatic rings. The van der Waals surface area contributed by atoms with Gasteiger partial charge in [-0.05, 0) is 46.5 Å². The Morgan fingerprint density at radius 2 is 1.56 bits per heavy atom. The van der Waals surface area contributed by atoms with E-state index in [0.717, 1.165) is 13.1 Å². The third-order valence-electron chi connectivity index (χ3n) is 5.75. The van der Waals surface area contributed by atoms with Gasteiger partial charge in [-0.15, -0.1) is 0 Å². The lowest BCUT2D eigenvalue weighted by molar-refractivity contribution is -0.0774. The highest BCUT2D eigenvalue weighted by Crippen LogP contribution is 2.34. The van der Waals surface area contributed by atoms with Gasteiger partial charge in [0.25, 0.3) is 0 Å². The molecule has 0 amide bonds. The lowest BCUT2D eigenvalue weighted by atomic mass is 9.86. The molecule has 3 aliphatic rings. The summed E-state index contributed by atoms with van der Waals surface area (Å²) in [5.74, 6) is 0. The molecule has 2 aromatic carbocycles. The second-order valence-electron chi connectivity index (χ2n) is 7.45. The second kappa shape index (κ2) is 6.25. The van der Waals surface area contributed by atoms with Crippen LogP contribution in [0.25, 0.3) is 10.8 Å². The lowest BCUT2D eigenvalue weighted by Gasteiger charge is -2.56. The van der Waals surface area contributed by atoms with Crippen molar-refractivity contribution >= 4 is 10.8 Å². The number of piperidine rings is 1. The molecule has 2 atom stereocenters. The van der Waals surface area contributed by atoms with E-state index in [4.69, 9.17) is 0 Å². The molecule has 3 heteroatoms. The highest BCUT2D eigenvalue weighted by atomic mass is 15.4. The van der Waals surface area contributed by atoms with E-state index in [-0.39, 0.29) is 0 Å². The topological polar surface area (TPSA) is 19.4 Å². The first-order chi connectivity index (χ1) is 12.3. The van der Waals surface area contributed by atoms with Crippen LogP contribution < -0.4 is 0 Å². The molecule has 0 aliphatic carbocycles. The van der Waals surface area contributed by atoms with Crippen molar-refractivity contribution in [1.29, 1.82) is 0 Å². The zero-order valence-electron chi connectivity index (χ0n) is 14.4. The Morgan fingerprint density at radius 3 is 2.36 bits per heavy atom. The summed E-state index contributed by atoms with van der Waals surface area (Å²) in [7, 11) is 0. The first-order valence-electron chi connectivity index (χ1n) is 9.20. The molecule has 126 valence electrons. The minimum atomic E-state index is 0.715. The Bertz CT molecular complexity index is 865. The first kappa shape index (κ1) is 15.1. The molecule has 1 aromatic heterocycles. The van der Waals surface area contributed by atoms with Gasteiger partial charge >= 0.3 is 0 Å². The van der Waals surface area contributed by atoms with Gasteiger partial charge in [0.15, 0.2) is 0 Å². The molecule has 3 nitrogen and oxygen atoms in total. The molecule has 2 unspecified atom stereocenters. The molecule has 3 aliphatic heterocycles. The number of fused-ring (bicyclic) bond motifs is 3. The fraction of sp³-hybridized carbons (Fsp3) is 0.318. The van der Waals surface area contributed by atoms with Crippen molar-refractivity contribution < 1.29 is 0 Å². The number of aromatic nitrogens is 1. The Kier molecular flexibility index (Phi) is 3.76. The number of piperazine rings is 1. The van der Waals surface area contributed by atoms with Crippen molar-refractivity contribution in [3.8, 4) is 0 Å². The monoisotopic (exact) mass is 329 g/mol. The maximum Gasteiger partial charge on any atom is 0.0271 e. The van der Waals surface area contributed by atoms with Crippen molar-refractivity contribution in [3.05, 3.63) is 78.1 Å². The summed E-state index contributed by atoms with van der Waals surface area (Å²) >= 11 is 0. The average molecular weight is 329 g/mol. The van der Waals surface area contributed by atoms with Gasteiger partial charge in [0, 0.05) is 50.7 Å². The number of pyridine rings is 1. The number of nitrogens with zero attached hydrogens (tertiary/aromatic N) is 3. The number of benzene rings is 2. The molecule has 4 heterocycles. The summed E-state index contributed by atoms with van der Waals surface area (Å²) < 4.78 is 0. The van der Waals surface area contributed by atoms with Gasteiger partial charge in [0.2, 0.25) is 0 Å². The van der Waals surface area contributed by atoms with Gasteiger partial charge in [0.05, 0.1) is 0 Å². The number of rotatable bonds is 4. The van der Waals surface area contributed by atoms with Crippen molar-refractivity contribution in [1.82, 2.24) is 14.8 Å². The normalized spacial score (nSPS) is 23.5. The first-order valence-corrected chi connectivity index (χ1v) is 9.20. The summed E-state index contributed by atoms with van der Waals surface area (Å²) in [6.07, 6.45) is 5.15. The molecular formula is C22H23N3. The van der Waals surface area contributed by atoms with Gasteiger partial charge in [-0.25, -0.2) is 0 Å². The fourth-order valence-electron chi connectivity index (χ4n) is 4.46. The van der Waals surface area contributed by atoms with Gasteiger partial charge in [0.1, 0.15) is 0 Å². The summed E-state index contributed by atoms with van der Waals surface area (Å²) in [6, 6.07) is 21.2. The van der Waals surface area contributed by atoms with E-state index in [1.807, 2.05) is 12.4 Å². The Labute approximate surface area is 148 Å². The Balaban J connectivity index is 1.25. The van der Waals surface area contributed by atoms with Crippen LogP contribution in [-0.4, -0.2) is 40.0 Å². The largest absolute Gasteiger partial charge is 0.296 e. The number of hydrogen-bond donors (Lipinski definition) is 0. The SMILES string of the molecule is c1ccc2cc(CN3C4CC3CN(Cc3ccncc3)C4)ccc2c1. The predicted octanol–water partition coefficient (Wildman–Crippen LogP) is 3.69. The van der Waals surface area contributed by atoms with Crippen LogP contribution >= 0.6 is 0 Å². The zero-order valence-corrected chi connectivity index (χ0v) is 14.4. The summed E-state index contributed by atoms with van der Waals surface area (Å²) in [5.41, 5.74) is 2.81. The highest BCUT2D eigenvalue weighted by molar-refractivity contribution is 5.82. The second-order valence-corrected chi connectivity index (χ2v) is 7.45. The Morgan fingerprint density at radius 1 is 0.800 bits per heavy atom. The third kappa shape index (κ3) is 2.94. The van der Waals surface area contributed by atoms with Crippen molar-refractivity contribution in [3.63, 3.8) is 0 Å². The standard InChI is InChI=1S/C22H23N3/c1-2-4-20-11-18(5-6-19(20)3-1)14-25-21-12-22(25)16-24(15-21)13-17-7-9-23-10-8-17/h1-11,21-22H,12-16H2. The van der Waals surface area contributed by atoms with Crippen molar-refractivity contribution in [2.75, 3.05) is 13.1 Å². The van der Waals surface area contributed by atoms with Gasteiger partial charge in [-0.3, -0.25) is 14.8 Å². The number of hydrogen-bond acceptors (Lipinski definition) is 3. The summed E-state index contributed by atoms with van der Waals surface area (Å²) in [5, 5.41) is 2.68. The lowest BCUT2D eigenvalue weighted by Crippen LogP contribution is -2.67. The van der Waals surface area contributed by atoms with E-state index in [2.05, 4.69) is 69.4 Å². The maximum absolute atomic E-state index is 4.12. The molecule has 6 rings (SSSR count). The molecular weight excluding hydrogens is 306 g/mol. The minimum absolute atomic E-state index is 0.715. The van der Waals surface area contributed by atoms with E-state index in [1.165, 1.54) is 41.4 Å². The smallest absolute Gasteiger partial charge is 0.0271 e. The third-order valence-corrected chi connectivity index (χ3v) is 5.75. The van der Waals surface area contributed by atoms with E-state index < -0.39 is 0 Å². The van der Waals surface area contributed by atoms with Crippen LogP contribution in [0.4, 0.5) is 0 Å². The quantitative estimate of drug-likeness (QED) is 0.728. The van der Waals surface area contributed by atoms with Gasteiger partial charge in [-0.1, -0.05) is 36.4 Å². The summed E-state index contributed by atoms with van der Waals surface area (Å²) in [6.45, 7) is 4.52. The summed E-state index contributed by atoms with van der Waals surface area (Å²) in [4.78, 5) is 9.42. The van der Waals surface area contributed by atoms with Gasteiger partial charge < -0.3 is 0 Å². The van der Waals surface area contributed by atoms with Crippen LogP contribution in [0, 0.1) is 0 Å². The highest BCUT2D eigenvalue weighted by Gasteiger charge is 2.44. The van der Waals surface area contributed by atoms with Crippen LogP contribution in [0.3, 0.4) is 0 Å². The van der Waals surface area contributed by atoms with E-state index >= 15 is 0 Å². The van der Waals surface area contributed by atoms with E-state index in [0.29, 0.717) is 12.1 Å². The van der Waals surface area contributed by atoms with Crippen molar-refractivity contribution in [2.24, 2.45) is 0 Å². The van der Waals surface area contributed by atoms with Crippen LogP contribution in [0.15, 0.2) is 67.0 Å². The molecule has 25 heavy (non-hydrogen) atoms. The zero-order chi connectivity index (χ0) is 16.6. The Hall–Kier alpha value is -2.23. The van der Waals surface area contributed by atoms with E-state index in [9.17, 15) is 0 Å². The average Bonchev–Trinajstić information content (AvgIpc) is 2.67.